The van der Waals surface area contributed by atoms with Crippen molar-refractivity contribution in [3.05, 3.63) is 65.3 Å². The first-order chi connectivity index (χ1) is 12.8. The maximum absolute atomic E-state index is 13.3. The Morgan fingerprint density at radius 2 is 1.85 bits per heavy atom. The van der Waals surface area contributed by atoms with Crippen LogP contribution in [0.1, 0.15) is 24.2 Å². The number of hydrogen-bond acceptors (Lipinski definition) is 5. The molecule has 1 heterocycles. The number of amides is 1. The highest BCUT2D eigenvalue weighted by molar-refractivity contribution is 7.92. The summed E-state index contributed by atoms with van der Waals surface area (Å²) < 4.78 is 37.6. The zero-order chi connectivity index (χ0) is 19.6. The molecule has 5 nitrogen and oxygen atoms in total. The van der Waals surface area contributed by atoms with Crippen LogP contribution in [0.15, 0.2) is 58.8 Å². The standard InChI is InChI=1S/C19H17FN2O3S2/c1-12(2)27(24,25)16-8-6-13(7-9-16)18(23)22-19-21-17(11-26-19)14-4-3-5-15(20)10-14/h3-12H,1-2H3,(H,21,22,23). The normalized spacial score (nSPS) is 11.6. The Balaban J connectivity index is 1.75. The third-order valence-corrected chi connectivity index (χ3v) is 6.84. The maximum Gasteiger partial charge on any atom is 0.257 e. The summed E-state index contributed by atoms with van der Waals surface area (Å²) in [4.78, 5) is 16.8. The van der Waals surface area contributed by atoms with Gasteiger partial charge >= 0.3 is 0 Å². The minimum atomic E-state index is -3.38. The summed E-state index contributed by atoms with van der Waals surface area (Å²) in [5.41, 5.74) is 1.50. The number of halogens is 1. The number of hydrogen-bond donors (Lipinski definition) is 1. The molecule has 1 aromatic heterocycles. The zero-order valence-corrected chi connectivity index (χ0v) is 16.3. The van der Waals surface area contributed by atoms with E-state index in [1.807, 2.05) is 0 Å². The quantitative estimate of drug-likeness (QED) is 0.685. The molecular weight excluding hydrogens is 387 g/mol. The molecule has 0 atom stereocenters. The number of nitrogens with one attached hydrogen (secondary N) is 1. The van der Waals surface area contributed by atoms with E-state index in [1.54, 1.807) is 31.4 Å². The van der Waals surface area contributed by atoms with Crippen LogP contribution in [0.25, 0.3) is 11.3 Å². The van der Waals surface area contributed by atoms with E-state index in [2.05, 4.69) is 10.3 Å². The number of thiazole rings is 1. The van der Waals surface area contributed by atoms with Gasteiger partial charge in [-0.2, -0.15) is 0 Å². The second kappa shape index (κ2) is 7.58. The lowest BCUT2D eigenvalue weighted by Crippen LogP contribution is -2.15. The molecule has 140 valence electrons. The summed E-state index contributed by atoms with van der Waals surface area (Å²) >= 11 is 1.22. The molecule has 0 aliphatic carbocycles. The van der Waals surface area contributed by atoms with Gasteiger partial charge in [-0.3, -0.25) is 10.1 Å². The fourth-order valence-corrected chi connectivity index (χ4v) is 4.12. The largest absolute Gasteiger partial charge is 0.298 e. The van der Waals surface area contributed by atoms with Gasteiger partial charge in [-0.15, -0.1) is 11.3 Å². The Bertz CT molecular complexity index is 1070. The molecule has 0 saturated carbocycles. The molecule has 0 aliphatic rings. The topological polar surface area (TPSA) is 76.1 Å². The number of benzene rings is 2. The van der Waals surface area contributed by atoms with Gasteiger partial charge in [0.05, 0.1) is 15.8 Å². The summed E-state index contributed by atoms with van der Waals surface area (Å²) in [5.74, 6) is -0.758. The Labute approximate surface area is 160 Å². The lowest BCUT2D eigenvalue weighted by Gasteiger charge is -2.08. The molecule has 1 amide bonds. The SMILES string of the molecule is CC(C)S(=O)(=O)c1ccc(C(=O)Nc2nc(-c3cccc(F)c3)cs2)cc1. The predicted octanol–water partition coefficient (Wildman–Crippen LogP) is 4.38. The van der Waals surface area contributed by atoms with Crippen molar-refractivity contribution in [2.24, 2.45) is 0 Å². The highest BCUT2D eigenvalue weighted by atomic mass is 32.2. The van der Waals surface area contributed by atoms with Crippen LogP contribution >= 0.6 is 11.3 Å². The van der Waals surface area contributed by atoms with E-state index in [4.69, 9.17) is 0 Å². The molecule has 0 spiro atoms. The number of carbonyl (C=O) groups is 1. The summed E-state index contributed by atoms with van der Waals surface area (Å²) in [6.07, 6.45) is 0. The van der Waals surface area contributed by atoms with Gasteiger partial charge in [0.15, 0.2) is 15.0 Å². The molecule has 8 heteroatoms. The van der Waals surface area contributed by atoms with Gasteiger partial charge in [0.2, 0.25) is 0 Å². The zero-order valence-electron chi connectivity index (χ0n) is 14.6. The highest BCUT2D eigenvalue weighted by Crippen LogP contribution is 2.26. The van der Waals surface area contributed by atoms with Gasteiger partial charge in [-0.05, 0) is 50.2 Å². The van der Waals surface area contributed by atoms with Crippen LogP contribution in [-0.2, 0) is 9.84 Å². The third kappa shape index (κ3) is 4.23. The van der Waals surface area contributed by atoms with Crippen molar-refractivity contribution < 1.29 is 17.6 Å². The Kier molecular flexibility index (Phi) is 5.38. The van der Waals surface area contributed by atoms with Gasteiger partial charge in [-0.25, -0.2) is 17.8 Å². The van der Waals surface area contributed by atoms with Gasteiger partial charge in [0.25, 0.3) is 5.91 Å². The van der Waals surface area contributed by atoms with Crippen molar-refractivity contribution >= 4 is 32.2 Å². The van der Waals surface area contributed by atoms with E-state index in [0.717, 1.165) is 0 Å². The molecule has 3 rings (SSSR count). The van der Waals surface area contributed by atoms with Gasteiger partial charge in [0, 0.05) is 16.5 Å². The molecule has 0 radical (unpaired) electrons. The second-order valence-corrected chi connectivity index (χ2v) is 9.48. The lowest BCUT2D eigenvalue weighted by atomic mass is 10.2. The van der Waals surface area contributed by atoms with Crippen molar-refractivity contribution in [2.45, 2.75) is 24.0 Å². The van der Waals surface area contributed by atoms with Gasteiger partial charge in [0.1, 0.15) is 5.82 Å². The third-order valence-electron chi connectivity index (χ3n) is 3.91. The molecule has 0 fully saturated rings. The Morgan fingerprint density at radius 1 is 1.15 bits per heavy atom. The fraction of sp³-hybridized carbons (Fsp3) is 0.158. The maximum atomic E-state index is 13.3. The molecule has 0 saturated heterocycles. The molecule has 1 N–H and O–H groups in total. The molecule has 0 bridgehead atoms. The molecule has 3 aromatic rings. The van der Waals surface area contributed by atoms with Crippen LogP contribution in [-0.4, -0.2) is 24.6 Å². The Morgan fingerprint density at radius 3 is 2.48 bits per heavy atom. The molecule has 0 unspecified atom stereocenters. The molecular formula is C19H17FN2O3S2. The summed E-state index contributed by atoms with van der Waals surface area (Å²) in [6, 6.07) is 11.8. The minimum Gasteiger partial charge on any atom is -0.298 e. The molecule has 2 aromatic carbocycles. The van der Waals surface area contributed by atoms with Crippen LogP contribution in [0.3, 0.4) is 0 Å². The fourth-order valence-electron chi connectivity index (χ4n) is 2.35. The average molecular weight is 404 g/mol. The smallest absolute Gasteiger partial charge is 0.257 e. The van der Waals surface area contributed by atoms with Gasteiger partial charge < -0.3 is 0 Å². The number of rotatable bonds is 5. The van der Waals surface area contributed by atoms with Crippen molar-refractivity contribution in [1.29, 1.82) is 0 Å². The first-order valence-electron chi connectivity index (χ1n) is 8.14. The van der Waals surface area contributed by atoms with Crippen LogP contribution in [0.4, 0.5) is 9.52 Å². The first-order valence-corrected chi connectivity index (χ1v) is 10.6. The van der Waals surface area contributed by atoms with E-state index < -0.39 is 21.0 Å². The summed E-state index contributed by atoms with van der Waals surface area (Å²) in [5, 5.41) is 4.23. The van der Waals surface area contributed by atoms with E-state index in [-0.39, 0.29) is 10.7 Å². The lowest BCUT2D eigenvalue weighted by molar-refractivity contribution is 0.102. The number of anilines is 1. The van der Waals surface area contributed by atoms with Crippen LogP contribution < -0.4 is 5.32 Å². The van der Waals surface area contributed by atoms with E-state index >= 15 is 0 Å². The molecule has 27 heavy (non-hydrogen) atoms. The summed E-state index contributed by atoms with van der Waals surface area (Å²) in [6.45, 7) is 3.21. The predicted molar refractivity (Wildman–Crippen MR) is 104 cm³/mol. The highest BCUT2D eigenvalue weighted by Gasteiger charge is 2.19. The van der Waals surface area contributed by atoms with Crippen molar-refractivity contribution in [1.82, 2.24) is 4.98 Å². The van der Waals surface area contributed by atoms with E-state index in [1.165, 1.54) is 47.7 Å². The number of sulfone groups is 1. The number of aromatic nitrogens is 1. The van der Waals surface area contributed by atoms with Crippen molar-refractivity contribution in [2.75, 3.05) is 5.32 Å². The Hall–Kier alpha value is -2.58. The van der Waals surface area contributed by atoms with Crippen molar-refractivity contribution in [3.8, 4) is 11.3 Å². The average Bonchev–Trinajstić information content (AvgIpc) is 3.10. The van der Waals surface area contributed by atoms with Crippen molar-refractivity contribution in [3.63, 3.8) is 0 Å². The monoisotopic (exact) mass is 404 g/mol. The minimum absolute atomic E-state index is 0.177. The number of nitrogens with zero attached hydrogens (tertiary/aromatic N) is 1. The van der Waals surface area contributed by atoms with Crippen LogP contribution in [0.2, 0.25) is 0 Å². The van der Waals surface area contributed by atoms with Crippen LogP contribution in [0, 0.1) is 5.82 Å². The van der Waals surface area contributed by atoms with Gasteiger partial charge in [-0.1, -0.05) is 12.1 Å². The van der Waals surface area contributed by atoms with E-state index in [9.17, 15) is 17.6 Å². The molecule has 0 aliphatic heterocycles. The summed E-state index contributed by atoms with van der Waals surface area (Å²) in [7, 11) is -3.38. The van der Waals surface area contributed by atoms with Crippen LogP contribution in [0.5, 0.6) is 0 Å². The first kappa shape index (κ1) is 19.2. The second-order valence-electron chi connectivity index (χ2n) is 6.12. The van der Waals surface area contributed by atoms with E-state index in [0.29, 0.717) is 22.0 Å². The number of carbonyl (C=O) groups excluding carboxylic acids is 1.